The smallest absolute Gasteiger partial charge is 0.305 e. The largest absolute Gasteiger partial charge is 0.469 e. The van der Waals surface area contributed by atoms with E-state index < -0.39 is 10.1 Å². The van der Waals surface area contributed by atoms with Crippen LogP contribution in [-0.2, 0) is 24.4 Å². The number of rotatable bonds is 5. The maximum Gasteiger partial charge on any atom is 0.305 e. The quantitative estimate of drug-likeness (QED) is 0.605. The zero-order valence-electron chi connectivity index (χ0n) is 11.9. The summed E-state index contributed by atoms with van der Waals surface area (Å²) < 4.78 is 34.2. The van der Waals surface area contributed by atoms with Crippen molar-refractivity contribution in [2.75, 3.05) is 13.7 Å². The Morgan fingerprint density at radius 3 is 2.19 bits per heavy atom. The van der Waals surface area contributed by atoms with E-state index in [-0.39, 0.29) is 36.0 Å². The Labute approximate surface area is 123 Å². The highest BCUT2D eigenvalue weighted by molar-refractivity contribution is 7.85. The van der Waals surface area contributed by atoms with Crippen molar-refractivity contribution in [3.05, 3.63) is 29.8 Å². The third-order valence-electron chi connectivity index (χ3n) is 2.43. The van der Waals surface area contributed by atoms with Crippen LogP contribution < -0.4 is 5.73 Å². The topological polar surface area (TPSA) is 124 Å². The van der Waals surface area contributed by atoms with Crippen LogP contribution in [0.1, 0.15) is 18.4 Å². The Balaban J connectivity index is 0.000000384. The molecule has 0 aliphatic rings. The molecule has 0 amide bonds. The number of carbonyl (C=O) groups is 2. The van der Waals surface area contributed by atoms with Crippen LogP contribution in [0.3, 0.4) is 0 Å². The summed E-state index contributed by atoms with van der Waals surface area (Å²) >= 11 is 0. The lowest BCUT2D eigenvalue weighted by molar-refractivity contribution is -0.141. The summed E-state index contributed by atoms with van der Waals surface area (Å²) in [6, 6.07) is 6.27. The fourth-order valence-corrected chi connectivity index (χ4v) is 2.02. The van der Waals surface area contributed by atoms with Gasteiger partial charge in [0, 0.05) is 6.42 Å². The highest BCUT2D eigenvalue weighted by Crippen LogP contribution is 2.12. The first-order valence-corrected chi connectivity index (χ1v) is 7.48. The number of carbonyl (C=O) groups excluding carboxylic acids is 2. The van der Waals surface area contributed by atoms with Gasteiger partial charge in [0.15, 0.2) is 0 Å². The van der Waals surface area contributed by atoms with Gasteiger partial charge in [-0.05, 0) is 18.6 Å². The van der Waals surface area contributed by atoms with Gasteiger partial charge < -0.3 is 10.5 Å². The predicted molar refractivity (Wildman–Crippen MR) is 76.3 cm³/mol. The second kappa shape index (κ2) is 9.22. The fourth-order valence-electron chi connectivity index (χ4n) is 1.29. The highest BCUT2D eigenvalue weighted by Gasteiger charge is 2.10. The number of Topliss-reactive ketones (excluding diaryl/α,β-unsaturated/α-hetero) is 1. The van der Waals surface area contributed by atoms with Crippen molar-refractivity contribution in [1.82, 2.24) is 0 Å². The van der Waals surface area contributed by atoms with Crippen molar-refractivity contribution in [2.24, 2.45) is 5.73 Å². The average Bonchev–Trinajstić information content (AvgIpc) is 2.44. The number of hydrogen-bond donors (Lipinski definition) is 2. The maximum atomic E-state index is 10.6. The number of ether oxygens (including phenoxy) is 1. The van der Waals surface area contributed by atoms with Crippen LogP contribution in [0.5, 0.6) is 0 Å². The number of aryl methyl sites for hydroxylation is 1. The average molecular weight is 317 g/mol. The molecule has 0 atom stereocenters. The van der Waals surface area contributed by atoms with E-state index in [2.05, 4.69) is 4.74 Å². The first kappa shape index (κ1) is 19.2. The minimum Gasteiger partial charge on any atom is -0.469 e. The zero-order valence-corrected chi connectivity index (χ0v) is 12.7. The molecular formula is C13H19NO6S. The van der Waals surface area contributed by atoms with Gasteiger partial charge in [-0.2, -0.15) is 8.42 Å². The van der Waals surface area contributed by atoms with Gasteiger partial charge in [0.25, 0.3) is 10.1 Å². The SMILES string of the molecule is COC(=O)CCC(=O)CN.Cc1ccccc1S(=O)(=O)O. The van der Waals surface area contributed by atoms with Crippen molar-refractivity contribution < 1.29 is 27.3 Å². The number of benzene rings is 1. The molecule has 0 unspecified atom stereocenters. The summed E-state index contributed by atoms with van der Waals surface area (Å²) in [5.74, 6) is -0.493. The van der Waals surface area contributed by atoms with E-state index in [1.54, 1.807) is 25.1 Å². The fraction of sp³-hybridized carbons (Fsp3) is 0.385. The predicted octanol–water partition coefficient (Wildman–Crippen LogP) is 0.709. The van der Waals surface area contributed by atoms with E-state index in [9.17, 15) is 18.0 Å². The van der Waals surface area contributed by atoms with Crippen LogP contribution in [-0.4, -0.2) is 38.4 Å². The zero-order chi connectivity index (χ0) is 16.5. The van der Waals surface area contributed by atoms with Crippen molar-refractivity contribution in [1.29, 1.82) is 0 Å². The van der Waals surface area contributed by atoms with Gasteiger partial charge in [-0.25, -0.2) is 0 Å². The molecule has 8 heteroatoms. The normalized spacial score (nSPS) is 10.3. The van der Waals surface area contributed by atoms with Crippen molar-refractivity contribution in [3.8, 4) is 0 Å². The first-order chi connectivity index (χ1) is 9.72. The molecular weight excluding hydrogens is 298 g/mol. The third kappa shape index (κ3) is 8.18. The van der Waals surface area contributed by atoms with Gasteiger partial charge in [0.1, 0.15) is 5.78 Å². The summed E-state index contributed by atoms with van der Waals surface area (Å²) in [5.41, 5.74) is 5.55. The molecule has 0 aromatic heterocycles. The van der Waals surface area contributed by atoms with Gasteiger partial charge in [-0.1, -0.05) is 18.2 Å². The van der Waals surface area contributed by atoms with Gasteiger partial charge in [-0.15, -0.1) is 0 Å². The molecule has 0 radical (unpaired) electrons. The molecule has 0 heterocycles. The van der Waals surface area contributed by atoms with E-state index in [0.29, 0.717) is 5.56 Å². The van der Waals surface area contributed by atoms with Gasteiger partial charge >= 0.3 is 5.97 Å². The minimum atomic E-state index is -4.03. The number of methoxy groups -OCH3 is 1. The molecule has 118 valence electrons. The Bertz CT molecular complexity index is 566. The summed E-state index contributed by atoms with van der Waals surface area (Å²) in [6.07, 6.45) is 0.315. The number of esters is 1. The molecule has 7 nitrogen and oxygen atoms in total. The van der Waals surface area contributed by atoms with E-state index in [1.807, 2.05) is 0 Å². The summed E-state index contributed by atoms with van der Waals surface area (Å²) in [5, 5.41) is 0. The second-order valence-corrected chi connectivity index (χ2v) is 5.45. The maximum absolute atomic E-state index is 10.6. The Morgan fingerprint density at radius 1 is 1.24 bits per heavy atom. The van der Waals surface area contributed by atoms with Gasteiger partial charge in [0.05, 0.1) is 25.0 Å². The van der Waals surface area contributed by atoms with Crippen LogP contribution in [0.2, 0.25) is 0 Å². The molecule has 1 aromatic carbocycles. The lowest BCUT2D eigenvalue weighted by atomic mass is 10.2. The third-order valence-corrected chi connectivity index (χ3v) is 3.45. The molecule has 0 fully saturated rings. The highest BCUT2D eigenvalue weighted by atomic mass is 32.2. The van der Waals surface area contributed by atoms with Crippen molar-refractivity contribution in [3.63, 3.8) is 0 Å². The Morgan fingerprint density at radius 2 is 1.81 bits per heavy atom. The van der Waals surface area contributed by atoms with Crippen molar-refractivity contribution >= 4 is 21.9 Å². The number of hydrogen-bond acceptors (Lipinski definition) is 6. The molecule has 3 N–H and O–H groups in total. The lowest BCUT2D eigenvalue weighted by Gasteiger charge is -1.99. The minimum absolute atomic E-state index is 0.00298. The standard InChI is InChI=1S/C7H8O3S.C6H11NO3/c1-6-4-2-3-5-7(6)11(8,9)10;1-10-6(9)3-2-5(8)4-7/h2-5H,1H3,(H,8,9,10);2-4,7H2,1H3. The Hall–Kier alpha value is -1.77. The summed E-state index contributed by atoms with van der Waals surface area (Å²) in [7, 11) is -2.75. The summed E-state index contributed by atoms with van der Waals surface area (Å²) in [6.45, 7) is 1.63. The molecule has 0 saturated heterocycles. The lowest BCUT2D eigenvalue weighted by Crippen LogP contribution is -2.14. The van der Waals surface area contributed by atoms with Gasteiger partial charge in [0.2, 0.25) is 0 Å². The van der Waals surface area contributed by atoms with Gasteiger partial charge in [-0.3, -0.25) is 14.1 Å². The molecule has 1 aromatic rings. The van der Waals surface area contributed by atoms with Crippen LogP contribution >= 0.6 is 0 Å². The van der Waals surface area contributed by atoms with Crippen molar-refractivity contribution in [2.45, 2.75) is 24.7 Å². The molecule has 0 spiro atoms. The molecule has 1 rings (SSSR count). The Kier molecular flexibility index (Phi) is 8.44. The number of ketones is 1. The van der Waals surface area contributed by atoms with Crippen LogP contribution in [0, 0.1) is 6.92 Å². The van der Waals surface area contributed by atoms with Crippen LogP contribution in [0.4, 0.5) is 0 Å². The molecule has 0 aliphatic heterocycles. The monoisotopic (exact) mass is 317 g/mol. The van der Waals surface area contributed by atoms with E-state index in [0.717, 1.165) is 0 Å². The second-order valence-electron chi connectivity index (χ2n) is 4.06. The first-order valence-electron chi connectivity index (χ1n) is 6.04. The number of nitrogens with two attached hydrogens (primary N) is 1. The van der Waals surface area contributed by atoms with E-state index in [1.165, 1.54) is 13.2 Å². The van der Waals surface area contributed by atoms with E-state index >= 15 is 0 Å². The van der Waals surface area contributed by atoms with Crippen LogP contribution in [0.25, 0.3) is 0 Å². The molecule has 0 saturated carbocycles. The molecule has 0 bridgehead atoms. The summed E-state index contributed by atoms with van der Waals surface area (Å²) in [4.78, 5) is 20.9. The molecule has 0 aliphatic carbocycles. The molecule has 21 heavy (non-hydrogen) atoms. The van der Waals surface area contributed by atoms with E-state index in [4.69, 9.17) is 10.3 Å². The van der Waals surface area contributed by atoms with Crippen LogP contribution in [0.15, 0.2) is 29.2 Å².